The van der Waals surface area contributed by atoms with Crippen molar-refractivity contribution >= 4 is 11.6 Å². The van der Waals surface area contributed by atoms with Crippen LogP contribution in [0.15, 0.2) is 24.3 Å². The van der Waals surface area contributed by atoms with Gasteiger partial charge in [0, 0.05) is 30.9 Å². The topological polar surface area (TPSA) is 32.3 Å². The molecule has 0 radical (unpaired) electrons. The highest BCUT2D eigenvalue weighted by molar-refractivity contribution is 5.95. The van der Waals surface area contributed by atoms with Crippen molar-refractivity contribution in [2.75, 3.05) is 25.0 Å². The summed E-state index contributed by atoms with van der Waals surface area (Å²) in [5.74, 6) is 0.113. The standard InChI is InChI=1S/C16H26N2O/c1-4-7-8-12-17-15-11-9-10-14(13-15)16(19)18(5-2)6-3/h9-11,13,17H,4-8,12H2,1-3H3. The van der Waals surface area contributed by atoms with E-state index in [0.717, 1.165) is 30.9 Å². The summed E-state index contributed by atoms with van der Waals surface area (Å²) in [7, 11) is 0. The Morgan fingerprint density at radius 2 is 1.89 bits per heavy atom. The zero-order chi connectivity index (χ0) is 14.1. The maximum absolute atomic E-state index is 12.2. The summed E-state index contributed by atoms with van der Waals surface area (Å²) >= 11 is 0. The summed E-state index contributed by atoms with van der Waals surface area (Å²) in [4.78, 5) is 14.1. The highest BCUT2D eigenvalue weighted by Gasteiger charge is 2.12. The number of rotatable bonds is 8. The Labute approximate surface area is 117 Å². The number of hydrogen-bond acceptors (Lipinski definition) is 2. The van der Waals surface area contributed by atoms with Crippen molar-refractivity contribution in [1.29, 1.82) is 0 Å². The summed E-state index contributed by atoms with van der Waals surface area (Å²) < 4.78 is 0. The third-order valence-electron chi connectivity index (χ3n) is 3.27. The number of carbonyl (C=O) groups excluding carboxylic acids is 1. The van der Waals surface area contributed by atoms with Gasteiger partial charge in [-0.3, -0.25) is 4.79 Å². The van der Waals surface area contributed by atoms with Gasteiger partial charge in [-0.25, -0.2) is 0 Å². The first-order valence-electron chi connectivity index (χ1n) is 7.36. The van der Waals surface area contributed by atoms with Gasteiger partial charge in [-0.2, -0.15) is 0 Å². The number of unbranched alkanes of at least 4 members (excludes halogenated alkanes) is 2. The Hall–Kier alpha value is -1.51. The number of anilines is 1. The number of nitrogens with zero attached hydrogens (tertiary/aromatic N) is 1. The molecule has 1 aromatic rings. The van der Waals surface area contributed by atoms with Crippen LogP contribution in [0.3, 0.4) is 0 Å². The van der Waals surface area contributed by atoms with Gasteiger partial charge in [-0.05, 0) is 38.5 Å². The van der Waals surface area contributed by atoms with Gasteiger partial charge in [0.1, 0.15) is 0 Å². The van der Waals surface area contributed by atoms with E-state index in [1.165, 1.54) is 19.3 Å². The van der Waals surface area contributed by atoms with E-state index in [1.54, 1.807) is 0 Å². The molecular weight excluding hydrogens is 236 g/mol. The monoisotopic (exact) mass is 262 g/mol. The number of nitrogens with one attached hydrogen (secondary N) is 1. The second-order valence-electron chi connectivity index (χ2n) is 4.69. The van der Waals surface area contributed by atoms with E-state index in [9.17, 15) is 4.79 Å². The predicted octanol–water partition coefficient (Wildman–Crippen LogP) is 3.77. The quantitative estimate of drug-likeness (QED) is 0.723. The Morgan fingerprint density at radius 3 is 2.53 bits per heavy atom. The molecule has 0 aliphatic rings. The average molecular weight is 262 g/mol. The molecule has 0 aliphatic carbocycles. The second kappa shape index (κ2) is 8.57. The van der Waals surface area contributed by atoms with Gasteiger partial charge >= 0.3 is 0 Å². The smallest absolute Gasteiger partial charge is 0.253 e. The van der Waals surface area contributed by atoms with Crippen molar-refractivity contribution in [3.05, 3.63) is 29.8 Å². The minimum absolute atomic E-state index is 0.113. The molecule has 3 nitrogen and oxygen atoms in total. The third-order valence-corrected chi connectivity index (χ3v) is 3.27. The van der Waals surface area contributed by atoms with Crippen molar-refractivity contribution in [3.63, 3.8) is 0 Å². The fourth-order valence-corrected chi connectivity index (χ4v) is 2.06. The number of carbonyl (C=O) groups is 1. The van der Waals surface area contributed by atoms with Crippen LogP contribution in [-0.4, -0.2) is 30.4 Å². The molecule has 0 atom stereocenters. The molecule has 0 bridgehead atoms. The molecule has 1 rings (SSSR count). The van der Waals surface area contributed by atoms with Crippen molar-refractivity contribution < 1.29 is 4.79 Å². The Morgan fingerprint density at radius 1 is 1.16 bits per heavy atom. The van der Waals surface area contributed by atoms with E-state index in [-0.39, 0.29) is 5.91 Å². The first-order chi connectivity index (χ1) is 9.22. The molecule has 1 amide bonds. The van der Waals surface area contributed by atoms with Gasteiger partial charge in [-0.15, -0.1) is 0 Å². The fourth-order valence-electron chi connectivity index (χ4n) is 2.06. The molecule has 1 N–H and O–H groups in total. The minimum Gasteiger partial charge on any atom is -0.385 e. The molecule has 19 heavy (non-hydrogen) atoms. The first-order valence-corrected chi connectivity index (χ1v) is 7.36. The number of benzene rings is 1. The normalized spacial score (nSPS) is 10.3. The molecule has 0 unspecified atom stereocenters. The second-order valence-corrected chi connectivity index (χ2v) is 4.69. The van der Waals surface area contributed by atoms with E-state index in [2.05, 4.69) is 12.2 Å². The molecule has 0 spiro atoms. The first kappa shape index (κ1) is 15.5. The van der Waals surface area contributed by atoms with E-state index in [1.807, 2.05) is 43.0 Å². The SMILES string of the molecule is CCCCCNc1cccc(C(=O)N(CC)CC)c1. The van der Waals surface area contributed by atoms with Crippen LogP contribution in [0.2, 0.25) is 0 Å². The zero-order valence-corrected chi connectivity index (χ0v) is 12.4. The van der Waals surface area contributed by atoms with Crippen molar-refractivity contribution in [3.8, 4) is 0 Å². The van der Waals surface area contributed by atoms with Crippen LogP contribution in [0.25, 0.3) is 0 Å². The van der Waals surface area contributed by atoms with Crippen LogP contribution >= 0.6 is 0 Å². The molecule has 0 saturated carbocycles. The summed E-state index contributed by atoms with van der Waals surface area (Å²) in [5.41, 5.74) is 1.80. The van der Waals surface area contributed by atoms with E-state index in [0.29, 0.717) is 0 Å². The highest BCUT2D eigenvalue weighted by Crippen LogP contribution is 2.13. The van der Waals surface area contributed by atoms with Crippen LogP contribution in [0, 0.1) is 0 Å². The van der Waals surface area contributed by atoms with Gasteiger partial charge < -0.3 is 10.2 Å². The summed E-state index contributed by atoms with van der Waals surface area (Å²) in [6.07, 6.45) is 3.64. The maximum atomic E-state index is 12.2. The fraction of sp³-hybridized carbons (Fsp3) is 0.562. The van der Waals surface area contributed by atoms with Gasteiger partial charge in [-0.1, -0.05) is 25.8 Å². The maximum Gasteiger partial charge on any atom is 0.253 e. The molecule has 3 heteroatoms. The third kappa shape index (κ3) is 4.93. The molecule has 0 aromatic heterocycles. The van der Waals surface area contributed by atoms with Crippen LogP contribution < -0.4 is 5.32 Å². The van der Waals surface area contributed by atoms with Crippen LogP contribution in [-0.2, 0) is 0 Å². The Bertz CT molecular complexity index is 386. The van der Waals surface area contributed by atoms with E-state index >= 15 is 0 Å². The Balaban J connectivity index is 2.63. The number of hydrogen-bond donors (Lipinski definition) is 1. The van der Waals surface area contributed by atoms with Crippen molar-refractivity contribution in [2.24, 2.45) is 0 Å². The molecule has 0 saturated heterocycles. The van der Waals surface area contributed by atoms with Gasteiger partial charge in [0.2, 0.25) is 0 Å². The Kier molecular flexibility index (Phi) is 7.01. The van der Waals surface area contributed by atoms with Gasteiger partial charge in [0.05, 0.1) is 0 Å². The lowest BCUT2D eigenvalue weighted by atomic mass is 10.1. The van der Waals surface area contributed by atoms with E-state index < -0.39 is 0 Å². The highest BCUT2D eigenvalue weighted by atomic mass is 16.2. The van der Waals surface area contributed by atoms with Crippen LogP contribution in [0.5, 0.6) is 0 Å². The summed E-state index contributed by atoms with van der Waals surface area (Å²) in [5, 5.41) is 3.38. The van der Waals surface area contributed by atoms with Gasteiger partial charge in [0.25, 0.3) is 5.91 Å². The molecule has 1 aromatic carbocycles. The molecule has 106 valence electrons. The van der Waals surface area contributed by atoms with Crippen LogP contribution in [0.4, 0.5) is 5.69 Å². The molecular formula is C16H26N2O. The van der Waals surface area contributed by atoms with Crippen molar-refractivity contribution in [2.45, 2.75) is 40.0 Å². The lowest BCUT2D eigenvalue weighted by Crippen LogP contribution is -2.30. The molecule has 0 aliphatic heterocycles. The molecule has 0 heterocycles. The predicted molar refractivity (Wildman–Crippen MR) is 81.7 cm³/mol. The average Bonchev–Trinajstić information content (AvgIpc) is 2.45. The minimum atomic E-state index is 0.113. The molecule has 0 fully saturated rings. The summed E-state index contributed by atoms with van der Waals surface area (Å²) in [6, 6.07) is 7.80. The zero-order valence-electron chi connectivity index (χ0n) is 12.4. The van der Waals surface area contributed by atoms with Crippen LogP contribution in [0.1, 0.15) is 50.4 Å². The van der Waals surface area contributed by atoms with E-state index in [4.69, 9.17) is 0 Å². The summed E-state index contributed by atoms with van der Waals surface area (Å²) in [6.45, 7) is 8.69. The van der Waals surface area contributed by atoms with Gasteiger partial charge in [0.15, 0.2) is 0 Å². The number of amides is 1. The lowest BCUT2D eigenvalue weighted by Gasteiger charge is -2.19. The van der Waals surface area contributed by atoms with Crippen molar-refractivity contribution in [1.82, 2.24) is 4.90 Å². The lowest BCUT2D eigenvalue weighted by molar-refractivity contribution is 0.0773. The largest absolute Gasteiger partial charge is 0.385 e.